The molecule has 0 atom stereocenters. The Bertz CT molecular complexity index is 656. The van der Waals surface area contributed by atoms with Crippen LogP contribution in [0.4, 0.5) is 10.5 Å². The molecule has 0 spiro atoms. The predicted octanol–water partition coefficient (Wildman–Crippen LogP) is 1.58. The highest BCUT2D eigenvalue weighted by Crippen LogP contribution is 2.38. The van der Waals surface area contributed by atoms with Crippen molar-refractivity contribution in [1.29, 1.82) is 0 Å². The number of hydroxylamine groups is 1. The average Bonchev–Trinajstić information content (AvgIpc) is 2.59. The maximum Gasteiger partial charge on any atom is 0.434 e. The topological polar surface area (TPSA) is 131 Å². The number of likely N-dealkylation sites (tertiary alicyclic amines) is 1. The second-order valence-electron chi connectivity index (χ2n) is 5.12. The van der Waals surface area contributed by atoms with E-state index in [-0.39, 0.29) is 5.56 Å². The van der Waals surface area contributed by atoms with Crippen LogP contribution in [0.15, 0.2) is 12.1 Å². The van der Waals surface area contributed by atoms with Crippen molar-refractivity contribution < 1.29 is 29.2 Å². The molecule has 0 unspecified atom stereocenters. The molecule has 0 bridgehead atoms. The zero-order valence-electron chi connectivity index (χ0n) is 13.0. The van der Waals surface area contributed by atoms with Gasteiger partial charge in [-0.2, -0.15) is 5.48 Å². The van der Waals surface area contributed by atoms with Gasteiger partial charge in [0.25, 0.3) is 5.91 Å². The predicted molar refractivity (Wildman–Crippen MR) is 80.7 cm³/mol. The van der Waals surface area contributed by atoms with E-state index < -0.39 is 34.1 Å². The van der Waals surface area contributed by atoms with Crippen molar-refractivity contribution in [3.05, 3.63) is 27.8 Å². The number of hydrogen-bond donors (Lipinski definition) is 2. The Morgan fingerprint density at radius 3 is 2.54 bits per heavy atom. The lowest BCUT2D eigenvalue weighted by molar-refractivity contribution is -0.386. The van der Waals surface area contributed by atoms with Gasteiger partial charge in [-0.15, -0.1) is 0 Å². The number of phenols is 1. The van der Waals surface area contributed by atoms with Gasteiger partial charge in [-0.05, 0) is 31.4 Å². The number of nitrogens with zero attached hydrogens (tertiary/aromatic N) is 2. The summed E-state index contributed by atoms with van der Waals surface area (Å²) in [6.07, 6.45) is 2.06. The third-order valence-electron chi connectivity index (χ3n) is 3.59. The third-order valence-corrected chi connectivity index (χ3v) is 3.59. The molecule has 1 aromatic carbocycles. The number of nitrogens with one attached hydrogen (secondary N) is 1. The van der Waals surface area contributed by atoms with Crippen molar-refractivity contribution in [2.45, 2.75) is 19.3 Å². The van der Waals surface area contributed by atoms with Gasteiger partial charge in [0.1, 0.15) is 0 Å². The summed E-state index contributed by atoms with van der Waals surface area (Å²) >= 11 is 0. The highest BCUT2D eigenvalue weighted by Gasteiger charge is 2.28. The zero-order valence-corrected chi connectivity index (χ0v) is 13.0. The SMILES string of the molecule is COc1c(C(=O)NOC(=O)N2CCCCC2)ccc(O)c1[N+](=O)[O-]. The van der Waals surface area contributed by atoms with Crippen LogP contribution in [-0.2, 0) is 4.84 Å². The van der Waals surface area contributed by atoms with Crippen molar-refractivity contribution in [2.75, 3.05) is 20.2 Å². The van der Waals surface area contributed by atoms with Gasteiger partial charge in [0.2, 0.25) is 5.75 Å². The molecule has 0 aromatic heterocycles. The van der Waals surface area contributed by atoms with E-state index in [4.69, 9.17) is 9.57 Å². The number of carbonyl (C=O) groups excluding carboxylic acids is 2. The maximum atomic E-state index is 12.1. The van der Waals surface area contributed by atoms with Crippen LogP contribution in [0.2, 0.25) is 0 Å². The van der Waals surface area contributed by atoms with E-state index in [2.05, 4.69) is 0 Å². The summed E-state index contributed by atoms with van der Waals surface area (Å²) in [6.45, 7) is 1.09. The quantitative estimate of drug-likeness (QED) is 0.631. The Labute approximate surface area is 137 Å². The van der Waals surface area contributed by atoms with Crippen LogP contribution in [0, 0.1) is 10.1 Å². The van der Waals surface area contributed by atoms with Crippen molar-refractivity contribution in [3.8, 4) is 11.5 Å². The molecular formula is C14H17N3O7. The molecule has 24 heavy (non-hydrogen) atoms. The molecule has 1 fully saturated rings. The van der Waals surface area contributed by atoms with Crippen molar-refractivity contribution >= 4 is 17.7 Å². The Hall–Kier alpha value is -3.04. The van der Waals surface area contributed by atoms with Crippen LogP contribution < -0.4 is 10.2 Å². The summed E-state index contributed by atoms with van der Waals surface area (Å²) in [5.41, 5.74) is 0.957. The fourth-order valence-electron chi connectivity index (χ4n) is 2.41. The number of amides is 2. The van der Waals surface area contributed by atoms with Gasteiger partial charge in [-0.3, -0.25) is 14.9 Å². The Morgan fingerprint density at radius 1 is 1.29 bits per heavy atom. The summed E-state index contributed by atoms with van der Waals surface area (Å²) in [7, 11) is 1.12. The normalized spacial score (nSPS) is 14.0. The van der Waals surface area contributed by atoms with Gasteiger partial charge in [0, 0.05) is 13.1 Å². The molecule has 1 heterocycles. The first-order valence-corrected chi connectivity index (χ1v) is 7.26. The van der Waals surface area contributed by atoms with E-state index in [0.29, 0.717) is 13.1 Å². The molecule has 2 rings (SSSR count). The van der Waals surface area contributed by atoms with E-state index in [0.717, 1.165) is 38.5 Å². The summed E-state index contributed by atoms with van der Waals surface area (Å²) in [5.74, 6) is -1.97. The first-order valence-electron chi connectivity index (χ1n) is 7.26. The highest BCUT2D eigenvalue weighted by atomic mass is 16.7. The Balaban J connectivity index is 2.10. The average molecular weight is 339 g/mol. The standard InChI is InChI=1S/C14H17N3O7/c1-23-12-9(5-6-10(18)11(12)17(21)22)13(19)15-24-14(20)16-7-3-2-4-8-16/h5-6,18H,2-4,7-8H2,1H3,(H,15,19). The fourth-order valence-corrected chi connectivity index (χ4v) is 2.41. The maximum absolute atomic E-state index is 12.1. The molecule has 1 aliphatic heterocycles. The number of carbonyl (C=O) groups is 2. The first-order chi connectivity index (χ1) is 11.5. The van der Waals surface area contributed by atoms with Gasteiger partial charge < -0.3 is 19.6 Å². The van der Waals surface area contributed by atoms with Gasteiger partial charge in [-0.1, -0.05) is 0 Å². The minimum Gasteiger partial charge on any atom is -0.502 e. The monoisotopic (exact) mass is 339 g/mol. The van der Waals surface area contributed by atoms with Crippen LogP contribution in [-0.4, -0.2) is 47.1 Å². The van der Waals surface area contributed by atoms with Crippen LogP contribution in [0.5, 0.6) is 11.5 Å². The third kappa shape index (κ3) is 3.65. The number of piperidine rings is 1. The second-order valence-corrected chi connectivity index (χ2v) is 5.12. The number of phenolic OH excluding ortho intramolecular Hbond substituents is 1. The summed E-state index contributed by atoms with van der Waals surface area (Å²) < 4.78 is 4.85. The lowest BCUT2D eigenvalue weighted by Crippen LogP contribution is -2.40. The second kappa shape index (κ2) is 7.49. The van der Waals surface area contributed by atoms with E-state index in [1.807, 2.05) is 5.48 Å². The van der Waals surface area contributed by atoms with E-state index >= 15 is 0 Å². The van der Waals surface area contributed by atoms with Crippen LogP contribution in [0.1, 0.15) is 29.6 Å². The van der Waals surface area contributed by atoms with Crippen molar-refractivity contribution in [2.24, 2.45) is 0 Å². The Morgan fingerprint density at radius 2 is 1.96 bits per heavy atom. The molecule has 1 aliphatic rings. The van der Waals surface area contributed by atoms with Crippen LogP contribution in [0.3, 0.4) is 0 Å². The molecule has 10 heteroatoms. The van der Waals surface area contributed by atoms with E-state index in [1.165, 1.54) is 4.90 Å². The van der Waals surface area contributed by atoms with E-state index in [9.17, 15) is 24.8 Å². The van der Waals surface area contributed by atoms with Crippen LogP contribution in [0.25, 0.3) is 0 Å². The molecule has 2 amide bonds. The number of rotatable bonds is 3. The highest BCUT2D eigenvalue weighted by molar-refractivity contribution is 5.98. The van der Waals surface area contributed by atoms with Crippen molar-refractivity contribution in [3.63, 3.8) is 0 Å². The largest absolute Gasteiger partial charge is 0.502 e. The van der Waals surface area contributed by atoms with Gasteiger partial charge >= 0.3 is 11.8 Å². The summed E-state index contributed by atoms with van der Waals surface area (Å²) in [4.78, 5) is 40.2. The number of hydrogen-bond acceptors (Lipinski definition) is 7. The molecule has 1 saturated heterocycles. The number of methoxy groups -OCH3 is 1. The minimum absolute atomic E-state index is 0.242. The molecule has 0 radical (unpaired) electrons. The molecule has 0 saturated carbocycles. The number of benzene rings is 1. The molecular weight excluding hydrogens is 322 g/mol. The summed E-state index contributed by atoms with van der Waals surface area (Å²) in [5, 5.41) is 20.5. The molecule has 10 nitrogen and oxygen atoms in total. The zero-order chi connectivity index (χ0) is 17.7. The Kier molecular flexibility index (Phi) is 5.40. The number of nitro groups is 1. The first kappa shape index (κ1) is 17.3. The minimum atomic E-state index is -0.902. The fraction of sp³-hybridized carbons (Fsp3) is 0.429. The molecule has 2 N–H and O–H groups in total. The van der Waals surface area contributed by atoms with Crippen LogP contribution >= 0.6 is 0 Å². The number of ether oxygens (including phenoxy) is 1. The molecule has 1 aromatic rings. The molecule has 130 valence electrons. The van der Waals surface area contributed by atoms with Gasteiger partial charge in [0.05, 0.1) is 17.6 Å². The lowest BCUT2D eigenvalue weighted by Gasteiger charge is -2.25. The van der Waals surface area contributed by atoms with Gasteiger partial charge in [0.15, 0.2) is 5.75 Å². The summed E-state index contributed by atoms with van der Waals surface area (Å²) in [6, 6.07) is 2.12. The smallest absolute Gasteiger partial charge is 0.434 e. The number of aromatic hydroxyl groups is 1. The lowest BCUT2D eigenvalue weighted by atomic mass is 10.1. The molecule has 0 aliphatic carbocycles. The van der Waals surface area contributed by atoms with Gasteiger partial charge in [-0.25, -0.2) is 4.79 Å². The van der Waals surface area contributed by atoms with Crippen molar-refractivity contribution in [1.82, 2.24) is 10.4 Å². The number of nitro benzene ring substituents is 1. The van der Waals surface area contributed by atoms with E-state index in [1.54, 1.807) is 0 Å².